The van der Waals surface area contributed by atoms with Crippen molar-refractivity contribution in [2.75, 3.05) is 0 Å². The summed E-state index contributed by atoms with van der Waals surface area (Å²) in [5.41, 5.74) is 3.94. The minimum absolute atomic E-state index is 0.140. The summed E-state index contributed by atoms with van der Waals surface area (Å²) in [6.45, 7) is 16.5. The molecule has 0 unspecified atom stereocenters. The van der Waals surface area contributed by atoms with Crippen LogP contribution in [0.3, 0.4) is 0 Å². The van der Waals surface area contributed by atoms with Crippen molar-refractivity contribution in [1.29, 1.82) is 0 Å². The maximum absolute atomic E-state index is 3.93. The summed E-state index contributed by atoms with van der Waals surface area (Å²) in [6.07, 6.45) is 3.84. The standard InChI is InChI=1S/C16H21/c1-7-12(3)14-10-9-11-15(13(14)8-2)16(4,5)6/h7-11H,1-2H2,3-6H3. The average Bonchev–Trinajstić information content (AvgIpc) is 2.25. The van der Waals surface area contributed by atoms with E-state index in [0.717, 1.165) is 0 Å². The first-order valence-corrected chi connectivity index (χ1v) is 5.64. The second-order valence-corrected chi connectivity index (χ2v) is 5.11. The molecule has 0 bridgehead atoms. The van der Waals surface area contributed by atoms with Gasteiger partial charge in [0, 0.05) is 5.92 Å². The highest BCUT2D eigenvalue weighted by atomic mass is 14.2. The third-order valence-corrected chi connectivity index (χ3v) is 2.85. The minimum atomic E-state index is 0.140. The van der Waals surface area contributed by atoms with Crippen LogP contribution in [0, 0.1) is 5.92 Å². The van der Waals surface area contributed by atoms with Gasteiger partial charge >= 0.3 is 0 Å². The highest BCUT2D eigenvalue weighted by Crippen LogP contribution is 2.31. The van der Waals surface area contributed by atoms with Gasteiger partial charge in [-0.05, 0) is 22.1 Å². The monoisotopic (exact) mass is 213 g/mol. The quantitative estimate of drug-likeness (QED) is 0.679. The van der Waals surface area contributed by atoms with Gasteiger partial charge in [-0.25, -0.2) is 0 Å². The molecule has 0 aliphatic carbocycles. The molecule has 1 radical (unpaired) electrons. The first-order chi connectivity index (χ1) is 7.41. The van der Waals surface area contributed by atoms with Gasteiger partial charge in [0.05, 0.1) is 0 Å². The Morgan fingerprint density at radius 3 is 2.25 bits per heavy atom. The van der Waals surface area contributed by atoms with Crippen LogP contribution in [0.25, 0.3) is 6.08 Å². The SMILES string of the molecule is C=C[C](C)c1cccc(C(C)(C)C)c1C=C. The van der Waals surface area contributed by atoms with E-state index < -0.39 is 0 Å². The van der Waals surface area contributed by atoms with Gasteiger partial charge in [0.15, 0.2) is 0 Å². The van der Waals surface area contributed by atoms with Crippen molar-refractivity contribution in [3.8, 4) is 0 Å². The maximum atomic E-state index is 3.93. The Labute approximate surface area is 99.7 Å². The molecule has 0 atom stereocenters. The van der Waals surface area contributed by atoms with Crippen LogP contribution >= 0.6 is 0 Å². The van der Waals surface area contributed by atoms with E-state index in [9.17, 15) is 0 Å². The van der Waals surface area contributed by atoms with Crippen molar-refractivity contribution < 1.29 is 0 Å². The molecule has 85 valence electrons. The Balaban J connectivity index is 3.43. The molecule has 0 aliphatic heterocycles. The molecule has 0 nitrogen and oxygen atoms in total. The minimum Gasteiger partial charge on any atom is -0.102 e. The highest BCUT2D eigenvalue weighted by Gasteiger charge is 2.19. The van der Waals surface area contributed by atoms with E-state index in [1.807, 2.05) is 12.2 Å². The summed E-state index contributed by atoms with van der Waals surface area (Å²) in [6, 6.07) is 6.41. The van der Waals surface area contributed by atoms with Crippen molar-refractivity contribution in [2.24, 2.45) is 0 Å². The van der Waals surface area contributed by atoms with E-state index in [-0.39, 0.29) is 5.41 Å². The average molecular weight is 213 g/mol. The van der Waals surface area contributed by atoms with Crippen LogP contribution in [-0.4, -0.2) is 0 Å². The van der Waals surface area contributed by atoms with E-state index in [2.05, 4.69) is 59.1 Å². The highest BCUT2D eigenvalue weighted by molar-refractivity contribution is 5.62. The molecule has 1 aromatic carbocycles. The Morgan fingerprint density at radius 2 is 1.81 bits per heavy atom. The van der Waals surface area contributed by atoms with Gasteiger partial charge in [0.2, 0.25) is 0 Å². The largest absolute Gasteiger partial charge is 0.102 e. The van der Waals surface area contributed by atoms with Crippen LogP contribution in [0.15, 0.2) is 37.4 Å². The van der Waals surface area contributed by atoms with Gasteiger partial charge in [-0.2, -0.15) is 0 Å². The number of hydrogen-bond acceptors (Lipinski definition) is 0. The molecule has 0 fully saturated rings. The van der Waals surface area contributed by atoms with Crippen LogP contribution in [0.2, 0.25) is 0 Å². The zero-order valence-corrected chi connectivity index (χ0v) is 10.8. The lowest BCUT2D eigenvalue weighted by Crippen LogP contribution is -2.14. The smallest absolute Gasteiger partial charge is 0.0236 e. The fraction of sp³-hybridized carbons (Fsp3) is 0.312. The van der Waals surface area contributed by atoms with Gasteiger partial charge in [0.25, 0.3) is 0 Å². The van der Waals surface area contributed by atoms with Crippen LogP contribution < -0.4 is 0 Å². The number of allylic oxidation sites excluding steroid dienone is 1. The molecule has 0 aromatic heterocycles. The van der Waals surface area contributed by atoms with Crippen LogP contribution in [0.4, 0.5) is 0 Å². The molecule has 1 aromatic rings. The van der Waals surface area contributed by atoms with E-state index in [1.54, 1.807) is 0 Å². The predicted molar refractivity (Wildman–Crippen MR) is 73.4 cm³/mol. The van der Waals surface area contributed by atoms with E-state index >= 15 is 0 Å². The third kappa shape index (κ3) is 2.44. The predicted octanol–water partition coefficient (Wildman–Crippen LogP) is 4.76. The van der Waals surface area contributed by atoms with Crippen molar-refractivity contribution in [2.45, 2.75) is 33.1 Å². The molecule has 0 saturated carbocycles. The van der Waals surface area contributed by atoms with E-state index in [4.69, 9.17) is 0 Å². The molecule has 1 rings (SSSR count). The van der Waals surface area contributed by atoms with Crippen LogP contribution in [-0.2, 0) is 5.41 Å². The van der Waals surface area contributed by atoms with Gasteiger partial charge in [-0.1, -0.05) is 64.6 Å². The summed E-state index contributed by atoms with van der Waals surface area (Å²) in [5, 5.41) is 0. The topological polar surface area (TPSA) is 0 Å². The number of rotatable bonds is 3. The molecular weight excluding hydrogens is 192 g/mol. The Kier molecular flexibility index (Phi) is 3.74. The summed E-state index contributed by atoms with van der Waals surface area (Å²) in [4.78, 5) is 0. The Morgan fingerprint density at radius 1 is 1.19 bits per heavy atom. The van der Waals surface area contributed by atoms with Crippen LogP contribution in [0.1, 0.15) is 44.4 Å². The first-order valence-electron chi connectivity index (χ1n) is 5.64. The van der Waals surface area contributed by atoms with Gasteiger partial charge < -0.3 is 0 Å². The Bertz CT molecular complexity index is 391. The summed E-state index contributed by atoms with van der Waals surface area (Å²) in [7, 11) is 0. The van der Waals surface area contributed by atoms with Crippen molar-refractivity contribution in [1.82, 2.24) is 0 Å². The first kappa shape index (κ1) is 12.8. The second kappa shape index (κ2) is 4.69. The summed E-state index contributed by atoms with van der Waals surface area (Å²) < 4.78 is 0. The molecule has 0 spiro atoms. The summed E-state index contributed by atoms with van der Waals surface area (Å²) in [5.74, 6) is 1.20. The molecule has 0 saturated heterocycles. The van der Waals surface area contributed by atoms with Crippen molar-refractivity contribution in [3.05, 3.63) is 60.0 Å². The third-order valence-electron chi connectivity index (χ3n) is 2.85. The van der Waals surface area contributed by atoms with E-state index in [1.165, 1.54) is 22.6 Å². The lowest BCUT2D eigenvalue weighted by atomic mass is 9.80. The molecule has 0 N–H and O–H groups in total. The van der Waals surface area contributed by atoms with Gasteiger partial charge in [-0.15, -0.1) is 6.58 Å². The van der Waals surface area contributed by atoms with Crippen LogP contribution in [0.5, 0.6) is 0 Å². The number of hydrogen-bond donors (Lipinski definition) is 0. The van der Waals surface area contributed by atoms with Gasteiger partial charge in [0.1, 0.15) is 0 Å². The van der Waals surface area contributed by atoms with Crippen molar-refractivity contribution >= 4 is 6.08 Å². The zero-order valence-electron chi connectivity index (χ0n) is 10.8. The molecule has 0 aliphatic rings. The second-order valence-electron chi connectivity index (χ2n) is 5.11. The number of benzene rings is 1. The normalized spacial score (nSPS) is 11.6. The lowest BCUT2D eigenvalue weighted by molar-refractivity contribution is 0.588. The molecule has 16 heavy (non-hydrogen) atoms. The molecule has 0 amide bonds. The molecule has 0 heterocycles. The summed E-state index contributed by atoms with van der Waals surface area (Å²) >= 11 is 0. The lowest BCUT2D eigenvalue weighted by Gasteiger charge is -2.24. The van der Waals surface area contributed by atoms with Gasteiger partial charge in [-0.3, -0.25) is 0 Å². The van der Waals surface area contributed by atoms with Crippen molar-refractivity contribution in [3.63, 3.8) is 0 Å². The molecular formula is C16H21. The fourth-order valence-electron chi connectivity index (χ4n) is 1.89. The zero-order chi connectivity index (χ0) is 12.3. The maximum Gasteiger partial charge on any atom is 0.0236 e. The van der Waals surface area contributed by atoms with E-state index in [0.29, 0.717) is 0 Å². The molecule has 0 heteroatoms. The fourth-order valence-corrected chi connectivity index (χ4v) is 1.89. The Hall–Kier alpha value is -1.30.